The Morgan fingerprint density at radius 2 is 2.41 bits per heavy atom. The van der Waals surface area contributed by atoms with Crippen molar-refractivity contribution in [3.8, 4) is 6.07 Å². The molecule has 0 spiro atoms. The van der Waals surface area contributed by atoms with Crippen LogP contribution in [0.15, 0.2) is 0 Å². The second-order valence-corrected chi connectivity index (χ2v) is 4.64. The van der Waals surface area contributed by atoms with Gasteiger partial charge in [-0.05, 0) is 25.8 Å². The molecule has 2 heterocycles. The maximum absolute atomic E-state index is 12.2. The summed E-state index contributed by atoms with van der Waals surface area (Å²) in [6.45, 7) is 3.07. The third-order valence-electron chi connectivity index (χ3n) is 3.35. The van der Waals surface area contributed by atoms with Gasteiger partial charge in [0.25, 0.3) is 0 Å². The fourth-order valence-corrected chi connectivity index (χ4v) is 2.43. The minimum Gasteiger partial charge on any atom is -0.376 e. The summed E-state index contributed by atoms with van der Waals surface area (Å²) in [6, 6.07) is 1.74. The summed E-state index contributed by atoms with van der Waals surface area (Å²) in [6.07, 6.45) is 3.52. The lowest BCUT2D eigenvalue weighted by Gasteiger charge is -2.25. The van der Waals surface area contributed by atoms with Crippen LogP contribution >= 0.6 is 0 Å². The van der Waals surface area contributed by atoms with Crippen molar-refractivity contribution in [3.63, 3.8) is 0 Å². The van der Waals surface area contributed by atoms with Gasteiger partial charge in [-0.3, -0.25) is 4.79 Å². The first-order valence-corrected chi connectivity index (χ1v) is 6.32. The van der Waals surface area contributed by atoms with Crippen LogP contribution in [0.3, 0.4) is 0 Å². The molecule has 94 valence electrons. The number of carbonyl (C=O) groups excluding carboxylic acids is 1. The number of amides is 1. The van der Waals surface area contributed by atoms with E-state index >= 15 is 0 Å². The molecule has 5 nitrogen and oxygen atoms in total. The van der Waals surface area contributed by atoms with Crippen molar-refractivity contribution < 1.29 is 9.53 Å². The Bertz CT molecular complexity index is 307. The Balaban J connectivity index is 1.94. The molecule has 2 rings (SSSR count). The van der Waals surface area contributed by atoms with Crippen LogP contribution < -0.4 is 5.32 Å². The summed E-state index contributed by atoms with van der Waals surface area (Å²) >= 11 is 0. The third kappa shape index (κ3) is 3.18. The number of nitrogens with one attached hydrogen (secondary N) is 1. The fraction of sp³-hybridized carbons (Fsp3) is 0.833. The van der Waals surface area contributed by atoms with Gasteiger partial charge in [-0.1, -0.05) is 0 Å². The van der Waals surface area contributed by atoms with Gasteiger partial charge in [-0.25, -0.2) is 0 Å². The van der Waals surface area contributed by atoms with Gasteiger partial charge in [0.15, 0.2) is 0 Å². The Hall–Kier alpha value is -1.12. The highest BCUT2D eigenvalue weighted by Crippen LogP contribution is 2.15. The second-order valence-electron chi connectivity index (χ2n) is 4.64. The lowest BCUT2D eigenvalue weighted by atomic mass is 10.1. The Morgan fingerprint density at radius 1 is 1.53 bits per heavy atom. The van der Waals surface area contributed by atoms with Crippen LogP contribution in [-0.2, 0) is 9.53 Å². The quantitative estimate of drug-likeness (QED) is 0.765. The van der Waals surface area contributed by atoms with E-state index in [1.807, 2.05) is 4.90 Å². The predicted molar refractivity (Wildman–Crippen MR) is 62.2 cm³/mol. The average molecular weight is 237 g/mol. The zero-order valence-electron chi connectivity index (χ0n) is 10.0. The molecule has 0 aromatic carbocycles. The third-order valence-corrected chi connectivity index (χ3v) is 3.35. The van der Waals surface area contributed by atoms with Crippen molar-refractivity contribution in [2.75, 3.05) is 26.2 Å². The van der Waals surface area contributed by atoms with Gasteiger partial charge in [0, 0.05) is 19.7 Å². The van der Waals surface area contributed by atoms with Gasteiger partial charge in [0.2, 0.25) is 5.91 Å². The van der Waals surface area contributed by atoms with Crippen molar-refractivity contribution in [1.29, 1.82) is 5.26 Å². The smallest absolute Gasteiger partial charge is 0.240 e. The van der Waals surface area contributed by atoms with Crippen molar-refractivity contribution in [1.82, 2.24) is 10.2 Å². The van der Waals surface area contributed by atoms with E-state index in [-0.39, 0.29) is 24.5 Å². The molecule has 0 saturated carbocycles. The number of nitriles is 1. The number of hydrogen-bond acceptors (Lipinski definition) is 4. The topological polar surface area (TPSA) is 65.4 Å². The highest BCUT2D eigenvalue weighted by molar-refractivity contribution is 5.82. The Kier molecular flexibility index (Phi) is 4.35. The standard InChI is InChI=1S/C12H19N3O2/c13-5-4-11-12(16)15(7-2-6-14-11)9-10-3-1-8-17-10/h10-11,14H,1-4,6-9H2. The first kappa shape index (κ1) is 12.3. The molecular formula is C12H19N3O2. The van der Waals surface area contributed by atoms with Gasteiger partial charge in [0.05, 0.1) is 24.6 Å². The van der Waals surface area contributed by atoms with E-state index in [4.69, 9.17) is 10.00 Å². The molecule has 0 aromatic heterocycles. The monoisotopic (exact) mass is 237 g/mol. The molecule has 2 fully saturated rings. The minimum absolute atomic E-state index is 0.0551. The van der Waals surface area contributed by atoms with E-state index < -0.39 is 0 Å². The lowest BCUT2D eigenvalue weighted by Crippen LogP contribution is -2.45. The van der Waals surface area contributed by atoms with E-state index in [1.165, 1.54) is 0 Å². The van der Waals surface area contributed by atoms with Gasteiger partial charge < -0.3 is 15.0 Å². The average Bonchev–Trinajstić information content (AvgIpc) is 2.77. The molecule has 17 heavy (non-hydrogen) atoms. The molecule has 1 amide bonds. The zero-order chi connectivity index (χ0) is 12.1. The lowest BCUT2D eigenvalue weighted by molar-refractivity contribution is -0.134. The van der Waals surface area contributed by atoms with Crippen LogP contribution in [0.25, 0.3) is 0 Å². The summed E-state index contributed by atoms with van der Waals surface area (Å²) < 4.78 is 5.56. The number of hydrogen-bond donors (Lipinski definition) is 1. The molecular weight excluding hydrogens is 218 g/mol. The van der Waals surface area contributed by atoms with Gasteiger partial charge >= 0.3 is 0 Å². The van der Waals surface area contributed by atoms with Crippen LogP contribution in [0, 0.1) is 11.3 Å². The maximum Gasteiger partial charge on any atom is 0.240 e. The van der Waals surface area contributed by atoms with Crippen molar-refractivity contribution >= 4 is 5.91 Å². The van der Waals surface area contributed by atoms with Crippen LogP contribution in [0.2, 0.25) is 0 Å². The van der Waals surface area contributed by atoms with E-state index in [9.17, 15) is 4.79 Å². The summed E-state index contributed by atoms with van der Waals surface area (Å²) in [5.74, 6) is 0.0551. The molecule has 2 atom stereocenters. The summed E-state index contributed by atoms with van der Waals surface area (Å²) in [4.78, 5) is 14.0. The first-order chi connectivity index (χ1) is 8.31. The fourth-order valence-electron chi connectivity index (χ4n) is 2.43. The predicted octanol–water partition coefficient (Wildman–Crippen LogP) is 0.270. The van der Waals surface area contributed by atoms with E-state index in [0.29, 0.717) is 6.54 Å². The number of ether oxygens (including phenoxy) is 1. The highest BCUT2D eigenvalue weighted by atomic mass is 16.5. The molecule has 0 aromatic rings. The van der Waals surface area contributed by atoms with Crippen LogP contribution in [0.5, 0.6) is 0 Å². The second kappa shape index (κ2) is 5.99. The van der Waals surface area contributed by atoms with E-state index in [2.05, 4.69) is 11.4 Å². The van der Waals surface area contributed by atoms with Crippen LogP contribution in [0.4, 0.5) is 0 Å². The summed E-state index contributed by atoms with van der Waals surface area (Å²) in [5.41, 5.74) is 0. The van der Waals surface area contributed by atoms with Gasteiger partial charge in [0.1, 0.15) is 0 Å². The molecule has 5 heteroatoms. The summed E-state index contributed by atoms with van der Waals surface area (Å²) in [5, 5.41) is 11.8. The largest absolute Gasteiger partial charge is 0.376 e. The molecule has 0 bridgehead atoms. The molecule has 1 N–H and O–H groups in total. The first-order valence-electron chi connectivity index (χ1n) is 6.32. The van der Waals surface area contributed by atoms with Crippen molar-refractivity contribution in [3.05, 3.63) is 0 Å². The molecule has 0 aliphatic carbocycles. The van der Waals surface area contributed by atoms with Gasteiger partial charge in [-0.2, -0.15) is 5.26 Å². The number of nitrogens with zero attached hydrogens (tertiary/aromatic N) is 2. The Morgan fingerprint density at radius 3 is 3.12 bits per heavy atom. The number of carbonyl (C=O) groups is 1. The van der Waals surface area contributed by atoms with Gasteiger partial charge in [-0.15, -0.1) is 0 Å². The zero-order valence-corrected chi connectivity index (χ0v) is 10.0. The van der Waals surface area contributed by atoms with E-state index in [0.717, 1.165) is 39.0 Å². The maximum atomic E-state index is 12.2. The van der Waals surface area contributed by atoms with Crippen molar-refractivity contribution in [2.24, 2.45) is 0 Å². The molecule has 2 saturated heterocycles. The highest BCUT2D eigenvalue weighted by Gasteiger charge is 2.29. The SMILES string of the molecule is N#CCC1NCCCN(CC2CCCO2)C1=O. The number of rotatable bonds is 3. The molecule has 2 aliphatic rings. The summed E-state index contributed by atoms with van der Waals surface area (Å²) in [7, 11) is 0. The van der Waals surface area contributed by atoms with Crippen LogP contribution in [-0.4, -0.2) is 49.2 Å². The van der Waals surface area contributed by atoms with Crippen molar-refractivity contribution in [2.45, 2.75) is 37.8 Å². The van der Waals surface area contributed by atoms with E-state index in [1.54, 1.807) is 0 Å². The minimum atomic E-state index is -0.330. The molecule has 2 unspecified atom stereocenters. The molecule has 2 aliphatic heterocycles. The normalized spacial score (nSPS) is 30.1. The Labute approximate surface area is 102 Å². The molecule has 0 radical (unpaired) electrons. The van der Waals surface area contributed by atoms with Crippen LogP contribution in [0.1, 0.15) is 25.7 Å².